The Morgan fingerprint density at radius 1 is 1.46 bits per heavy atom. The molecule has 13 heavy (non-hydrogen) atoms. The van der Waals surface area contributed by atoms with Crippen LogP contribution in [0.2, 0.25) is 0 Å². The van der Waals surface area contributed by atoms with Crippen molar-refractivity contribution in [1.29, 1.82) is 0 Å². The van der Waals surface area contributed by atoms with Crippen LogP contribution in [0.4, 0.5) is 5.69 Å². The molecule has 2 N–H and O–H groups in total. The molecule has 0 amide bonds. The van der Waals surface area contributed by atoms with E-state index in [-0.39, 0.29) is 5.56 Å². The average Bonchev–Trinajstić information content (AvgIpc) is 2.05. The Kier molecular flexibility index (Phi) is 2.76. The number of rotatable bonds is 2. The first-order valence-corrected chi connectivity index (χ1v) is 4.48. The lowest BCUT2D eigenvalue weighted by molar-refractivity contribution is 0.503. The van der Waals surface area contributed by atoms with E-state index < -0.39 is 0 Å². The summed E-state index contributed by atoms with van der Waals surface area (Å²) >= 11 is 0. The molecule has 0 saturated carbocycles. The third-order valence-electron chi connectivity index (χ3n) is 2.04. The van der Waals surface area contributed by atoms with Crippen LogP contribution in [-0.4, -0.2) is 4.57 Å². The molecule has 0 fully saturated rings. The molecule has 0 bridgehead atoms. The predicted octanol–water partition coefficient (Wildman–Crippen LogP) is 1.39. The fourth-order valence-corrected chi connectivity index (χ4v) is 1.28. The van der Waals surface area contributed by atoms with Gasteiger partial charge in [0.05, 0.1) is 5.69 Å². The van der Waals surface area contributed by atoms with Gasteiger partial charge in [0.15, 0.2) is 0 Å². The second kappa shape index (κ2) is 3.64. The van der Waals surface area contributed by atoms with Crippen LogP contribution in [0, 0.1) is 12.8 Å². The monoisotopic (exact) mass is 180 g/mol. The SMILES string of the molecule is Cc1c(N)ccc(=O)n1CC(C)C. The minimum absolute atomic E-state index is 0.0281. The number of anilines is 1. The van der Waals surface area contributed by atoms with Gasteiger partial charge in [-0.1, -0.05) is 13.8 Å². The van der Waals surface area contributed by atoms with E-state index in [9.17, 15) is 4.79 Å². The van der Waals surface area contributed by atoms with Crippen molar-refractivity contribution >= 4 is 5.69 Å². The molecule has 3 heteroatoms. The van der Waals surface area contributed by atoms with E-state index in [2.05, 4.69) is 13.8 Å². The maximum atomic E-state index is 11.4. The lowest BCUT2D eigenvalue weighted by Gasteiger charge is -2.13. The van der Waals surface area contributed by atoms with Gasteiger partial charge in [0, 0.05) is 18.3 Å². The van der Waals surface area contributed by atoms with Crippen LogP contribution in [0.25, 0.3) is 0 Å². The van der Waals surface area contributed by atoms with Gasteiger partial charge in [0.25, 0.3) is 5.56 Å². The van der Waals surface area contributed by atoms with Crippen molar-refractivity contribution in [2.24, 2.45) is 5.92 Å². The van der Waals surface area contributed by atoms with Crippen LogP contribution in [0.5, 0.6) is 0 Å². The zero-order valence-corrected chi connectivity index (χ0v) is 8.37. The molecule has 1 aromatic rings. The number of hydrogen-bond donors (Lipinski definition) is 1. The molecule has 0 unspecified atom stereocenters. The standard InChI is InChI=1S/C10H16N2O/c1-7(2)6-12-8(3)9(11)4-5-10(12)13/h4-5,7H,6,11H2,1-3H3. The summed E-state index contributed by atoms with van der Waals surface area (Å²) in [7, 11) is 0. The summed E-state index contributed by atoms with van der Waals surface area (Å²) in [6, 6.07) is 3.18. The summed E-state index contributed by atoms with van der Waals surface area (Å²) < 4.78 is 1.72. The molecule has 3 nitrogen and oxygen atoms in total. The Labute approximate surface area is 78.2 Å². The molecule has 0 spiro atoms. The summed E-state index contributed by atoms with van der Waals surface area (Å²) in [5.74, 6) is 0.457. The molecule has 1 rings (SSSR count). The number of nitrogens with two attached hydrogens (primary N) is 1. The Morgan fingerprint density at radius 3 is 2.62 bits per heavy atom. The first-order chi connectivity index (χ1) is 6.02. The molecule has 0 atom stereocenters. The highest BCUT2D eigenvalue weighted by Crippen LogP contribution is 2.08. The molecule has 0 saturated heterocycles. The van der Waals surface area contributed by atoms with Crippen LogP contribution < -0.4 is 11.3 Å². The third kappa shape index (κ3) is 2.11. The summed E-state index contributed by atoms with van der Waals surface area (Å²) in [5.41, 5.74) is 7.28. The van der Waals surface area contributed by atoms with Crippen LogP contribution in [0.1, 0.15) is 19.5 Å². The zero-order valence-electron chi connectivity index (χ0n) is 8.37. The van der Waals surface area contributed by atoms with E-state index in [0.717, 1.165) is 12.2 Å². The Balaban J connectivity index is 3.18. The maximum Gasteiger partial charge on any atom is 0.250 e. The highest BCUT2D eigenvalue weighted by molar-refractivity contribution is 5.41. The van der Waals surface area contributed by atoms with E-state index >= 15 is 0 Å². The van der Waals surface area contributed by atoms with E-state index in [0.29, 0.717) is 11.6 Å². The van der Waals surface area contributed by atoms with Crippen molar-refractivity contribution in [3.8, 4) is 0 Å². The van der Waals surface area contributed by atoms with Crippen molar-refractivity contribution in [2.75, 3.05) is 5.73 Å². The van der Waals surface area contributed by atoms with Gasteiger partial charge in [-0.25, -0.2) is 0 Å². The number of aromatic nitrogens is 1. The first kappa shape index (κ1) is 9.84. The molecular weight excluding hydrogens is 164 g/mol. The second-order valence-electron chi connectivity index (χ2n) is 3.72. The fraction of sp³-hybridized carbons (Fsp3) is 0.500. The van der Waals surface area contributed by atoms with Crippen LogP contribution >= 0.6 is 0 Å². The second-order valence-corrected chi connectivity index (χ2v) is 3.72. The van der Waals surface area contributed by atoms with Gasteiger partial charge >= 0.3 is 0 Å². The van der Waals surface area contributed by atoms with Crippen molar-refractivity contribution in [1.82, 2.24) is 4.57 Å². The van der Waals surface area contributed by atoms with Gasteiger partial charge in [-0.15, -0.1) is 0 Å². The lowest BCUT2D eigenvalue weighted by Crippen LogP contribution is -2.24. The van der Waals surface area contributed by atoms with Gasteiger partial charge in [-0.2, -0.15) is 0 Å². The van der Waals surface area contributed by atoms with Crippen molar-refractivity contribution in [3.05, 3.63) is 28.2 Å². The van der Waals surface area contributed by atoms with E-state index in [1.165, 1.54) is 6.07 Å². The lowest BCUT2D eigenvalue weighted by atomic mass is 10.2. The topological polar surface area (TPSA) is 48.0 Å². The molecular formula is C10H16N2O. The molecule has 0 aliphatic heterocycles. The smallest absolute Gasteiger partial charge is 0.250 e. The Hall–Kier alpha value is -1.25. The van der Waals surface area contributed by atoms with Gasteiger partial charge in [0.2, 0.25) is 0 Å². The van der Waals surface area contributed by atoms with Gasteiger partial charge < -0.3 is 10.3 Å². The van der Waals surface area contributed by atoms with Gasteiger partial charge in [-0.3, -0.25) is 4.79 Å². The first-order valence-electron chi connectivity index (χ1n) is 4.48. The van der Waals surface area contributed by atoms with Crippen molar-refractivity contribution < 1.29 is 0 Å². The minimum atomic E-state index is 0.0281. The molecule has 0 aromatic carbocycles. The minimum Gasteiger partial charge on any atom is -0.397 e. The van der Waals surface area contributed by atoms with Crippen LogP contribution in [0.15, 0.2) is 16.9 Å². The largest absolute Gasteiger partial charge is 0.397 e. The zero-order chi connectivity index (χ0) is 10.0. The van der Waals surface area contributed by atoms with E-state index in [4.69, 9.17) is 5.73 Å². The van der Waals surface area contributed by atoms with E-state index in [1.54, 1.807) is 10.6 Å². The fourth-order valence-electron chi connectivity index (χ4n) is 1.28. The number of pyridine rings is 1. The van der Waals surface area contributed by atoms with Crippen LogP contribution in [-0.2, 0) is 6.54 Å². The number of hydrogen-bond acceptors (Lipinski definition) is 2. The third-order valence-corrected chi connectivity index (χ3v) is 2.04. The highest BCUT2D eigenvalue weighted by atomic mass is 16.1. The maximum absolute atomic E-state index is 11.4. The number of nitrogens with zero attached hydrogens (tertiary/aromatic N) is 1. The quantitative estimate of drug-likeness (QED) is 0.747. The summed E-state index contributed by atoms with van der Waals surface area (Å²) in [6.07, 6.45) is 0. The summed E-state index contributed by atoms with van der Waals surface area (Å²) in [4.78, 5) is 11.4. The Bertz CT molecular complexity index is 352. The molecule has 0 radical (unpaired) electrons. The molecule has 1 heterocycles. The molecule has 0 aliphatic carbocycles. The molecule has 72 valence electrons. The normalized spacial score (nSPS) is 10.8. The molecule has 1 aromatic heterocycles. The van der Waals surface area contributed by atoms with Crippen LogP contribution in [0.3, 0.4) is 0 Å². The van der Waals surface area contributed by atoms with Gasteiger partial charge in [0.1, 0.15) is 0 Å². The van der Waals surface area contributed by atoms with E-state index in [1.807, 2.05) is 6.92 Å². The Morgan fingerprint density at radius 2 is 2.08 bits per heavy atom. The highest BCUT2D eigenvalue weighted by Gasteiger charge is 2.04. The summed E-state index contributed by atoms with van der Waals surface area (Å²) in [5, 5.41) is 0. The van der Waals surface area contributed by atoms with Gasteiger partial charge in [-0.05, 0) is 18.9 Å². The predicted molar refractivity (Wildman–Crippen MR) is 54.7 cm³/mol. The summed E-state index contributed by atoms with van der Waals surface area (Å²) in [6.45, 7) is 6.76. The average molecular weight is 180 g/mol. The molecule has 0 aliphatic rings. The number of nitrogen functional groups attached to an aromatic ring is 1. The van der Waals surface area contributed by atoms with Crippen molar-refractivity contribution in [3.63, 3.8) is 0 Å². The van der Waals surface area contributed by atoms with Crippen molar-refractivity contribution in [2.45, 2.75) is 27.3 Å².